The Bertz CT molecular complexity index is 860. The predicted molar refractivity (Wildman–Crippen MR) is 98.2 cm³/mol. The molecule has 0 radical (unpaired) electrons. The number of benzene rings is 1. The van der Waals surface area contributed by atoms with Gasteiger partial charge in [-0.3, -0.25) is 4.79 Å². The molecule has 0 bridgehead atoms. The number of nitrogens with two attached hydrogens (primary N) is 1. The summed E-state index contributed by atoms with van der Waals surface area (Å²) < 4.78 is 9.84. The first-order chi connectivity index (χ1) is 12.4. The fraction of sp³-hybridized carbons (Fsp3) is 0.267. The number of nitrogen functional groups attached to an aromatic ring is 1. The van der Waals surface area contributed by atoms with Gasteiger partial charge in [0.25, 0.3) is 0 Å². The second-order valence-corrected chi connectivity index (χ2v) is 6.56. The Hall–Kier alpha value is -2.28. The minimum atomic E-state index is -0.334. The zero-order valence-corrected chi connectivity index (χ0v) is 15.9. The van der Waals surface area contributed by atoms with Gasteiger partial charge in [-0.15, -0.1) is 0 Å². The number of halogens is 2. The average Bonchev–Trinajstić information content (AvgIpc) is 2.60. The normalized spacial score (nSPS) is 10.2. The number of esters is 1. The standard InChI is InChI=1S/C15H13Cl2N5O3S/c1-24-12(23)2-5-26-15-21-13(20-14(19)22-15)8-6-11(25-4-3-18)10(17)7-9(8)16/h6-7H,2,4-5H2,1H3,(H2,19,20,21,22). The summed E-state index contributed by atoms with van der Waals surface area (Å²) in [4.78, 5) is 23.6. The molecule has 0 saturated carbocycles. The van der Waals surface area contributed by atoms with Gasteiger partial charge in [-0.05, 0) is 12.1 Å². The van der Waals surface area contributed by atoms with Crippen molar-refractivity contribution in [2.45, 2.75) is 11.6 Å². The van der Waals surface area contributed by atoms with Gasteiger partial charge in [-0.25, -0.2) is 4.98 Å². The molecule has 2 N–H and O–H groups in total. The molecule has 0 amide bonds. The molecule has 0 spiro atoms. The third kappa shape index (κ3) is 5.36. The van der Waals surface area contributed by atoms with E-state index >= 15 is 0 Å². The highest BCUT2D eigenvalue weighted by atomic mass is 35.5. The van der Waals surface area contributed by atoms with E-state index in [0.717, 1.165) is 0 Å². The van der Waals surface area contributed by atoms with E-state index < -0.39 is 0 Å². The maximum atomic E-state index is 11.2. The summed E-state index contributed by atoms with van der Waals surface area (Å²) in [5.41, 5.74) is 6.17. The van der Waals surface area contributed by atoms with Crippen LogP contribution in [0.1, 0.15) is 6.42 Å². The van der Waals surface area contributed by atoms with Gasteiger partial charge in [0.15, 0.2) is 17.6 Å². The van der Waals surface area contributed by atoms with Gasteiger partial charge in [0.1, 0.15) is 11.8 Å². The van der Waals surface area contributed by atoms with E-state index in [0.29, 0.717) is 16.5 Å². The molecule has 0 fully saturated rings. The number of thioether (sulfide) groups is 1. The van der Waals surface area contributed by atoms with Gasteiger partial charge in [0.05, 0.1) is 23.6 Å². The Morgan fingerprint density at radius 1 is 1.31 bits per heavy atom. The number of hydrogen-bond acceptors (Lipinski definition) is 9. The molecule has 0 saturated heterocycles. The van der Waals surface area contributed by atoms with Crippen molar-refractivity contribution in [3.63, 3.8) is 0 Å². The summed E-state index contributed by atoms with van der Waals surface area (Å²) in [6.45, 7) is -0.172. The van der Waals surface area contributed by atoms with E-state index in [1.807, 2.05) is 6.07 Å². The zero-order valence-electron chi connectivity index (χ0n) is 13.5. The second-order valence-electron chi connectivity index (χ2n) is 4.68. The quantitative estimate of drug-likeness (QED) is 0.538. The van der Waals surface area contributed by atoms with E-state index in [1.54, 1.807) is 0 Å². The van der Waals surface area contributed by atoms with E-state index in [2.05, 4.69) is 19.7 Å². The maximum absolute atomic E-state index is 11.2. The molecule has 11 heteroatoms. The van der Waals surface area contributed by atoms with Crippen molar-refractivity contribution in [3.05, 3.63) is 22.2 Å². The van der Waals surface area contributed by atoms with Gasteiger partial charge in [-0.2, -0.15) is 15.2 Å². The summed E-state index contributed by atoms with van der Waals surface area (Å²) in [5, 5.41) is 9.52. The summed E-state index contributed by atoms with van der Waals surface area (Å²) in [6, 6.07) is 4.85. The Morgan fingerprint density at radius 2 is 2.08 bits per heavy atom. The number of nitrogens with zero attached hydrogens (tertiary/aromatic N) is 4. The van der Waals surface area contributed by atoms with Crippen LogP contribution in [0.2, 0.25) is 10.0 Å². The van der Waals surface area contributed by atoms with Gasteiger partial charge >= 0.3 is 5.97 Å². The third-order valence-electron chi connectivity index (χ3n) is 2.95. The molecule has 2 aromatic rings. The maximum Gasteiger partial charge on any atom is 0.306 e. The van der Waals surface area contributed by atoms with Crippen molar-refractivity contribution in [1.29, 1.82) is 5.26 Å². The molecule has 0 aliphatic carbocycles. The fourth-order valence-electron chi connectivity index (χ4n) is 1.81. The number of nitriles is 1. The average molecular weight is 414 g/mol. The van der Waals surface area contributed by atoms with Gasteiger partial charge < -0.3 is 15.2 Å². The molecule has 2 rings (SSSR count). The number of rotatable bonds is 7. The first-order valence-electron chi connectivity index (χ1n) is 7.15. The number of hydrogen-bond donors (Lipinski definition) is 1. The van der Waals surface area contributed by atoms with Gasteiger partial charge in [0, 0.05) is 11.3 Å². The molecule has 1 aromatic heterocycles. The highest BCUT2D eigenvalue weighted by Gasteiger charge is 2.15. The summed E-state index contributed by atoms with van der Waals surface area (Å²) in [5.74, 6) is 0.578. The Morgan fingerprint density at radius 3 is 2.77 bits per heavy atom. The lowest BCUT2D eigenvalue weighted by Gasteiger charge is -2.10. The molecule has 0 aliphatic rings. The van der Waals surface area contributed by atoms with Crippen molar-refractivity contribution >= 4 is 46.9 Å². The minimum Gasteiger partial charge on any atom is -0.477 e. The number of methoxy groups -OCH3 is 1. The first-order valence-corrected chi connectivity index (χ1v) is 8.89. The van der Waals surface area contributed by atoms with Gasteiger partial charge in [0.2, 0.25) is 5.95 Å². The van der Waals surface area contributed by atoms with Crippen molar-refractivity contribution in [1.82, 2.24) is 15.0 Å². The highest BCUT2D eigenvalue weighted by molar-refractivity contribution is 7.99. The smallest absolute Gasteiger partial charge is 0.306 e. The lowest BCUT2D eigenvalue weighted by molar-refractivity contribution is -0.140. The number of ether oxygens (including phenoxy) is 2. The third-order valence-corrected chi connectivity index (χ3v) is 4.41. The molecular weight excluding hydrogens is 401 g/mol. The molecule has 1 heterocycles. The van der Waals surface area contributed by atoms with Crippen molar-refractivity contribution in [2.24, 2.45) is 0 Å². The van der Waals surface area contributed by atoms with E-state index in [4.69, 9.17) is 38.9 Å². The van der Waals surface area contributed by atoms with Crippen molar-refractivity contribution in [2.75, 3.05) is 25.2 Å². The minimum absolute atomic E-state index is 0.000998. The molecule has 1 aromatic carbocycles. The Balaban J connectivity index is 2.30. The van der Waals surface area contributed by atoms with Crippen LogP contribution in [0, 0.1) is 11.3 Å². The molecule has 8 nitrogen and oxygen atoms in total. The topological polar surface area (TPSA) is 124 Å². The summed E-state index contributed by atoms with van der Waals surface area (Å²) in [6.07, 6.45) is 0.204. The molecular formula is C15H13Cl2N5O3S. The molecule has 136 valence electrons. The van der Waals surface area contributed by atoms with E-state index in [-0.39, 0.29) is 46.6 Å². The lowest BCUT2D eigenvalue weighted by atomic mass is 10.2. The number of aromatic nitrogens is 3. The van der Waals surface area contributed by atoms with Crippen LogP contribution in [0.25, 0.3) is 11.4 Å². The number of anilines is 1. The molecule has 26 heavy (non-hydrogen) atoms. The van der Waals surface area contributed by atoms with Crippen molar-refractivity contribution in [3.8, 4) is 23.2 Å². The summed E-state index contributed by atoms with van der Waals surface area (Å²) >= 11 is 13.5. The predicted octanol–water partition coefficient (Wildman–Crippen LogP) is 2.99. The monoisotopic (exact) mass is 413 g/mol. The fourth-order valence-corrected chi connectivity index (χ4v) is 3.09. The van der Waals surface area contributed by atoms with Crippen LogP contribution in [-0.4, -0.2) is 40.4 Å². The Labute approximate surface area is 163 Å². The first kappa shape index (κ1) is 20.0. The second kappa shape index (κ2) is 9.43. The van der Waals surface area contributed by atoms with Crippen molar-refractivity contribution < 1.29 is 14.3 Å². The van der Waals surface area contributed by atoms with Crippen LogP contribution in [0.15, 0.2) is 17.3 Å². The SMILES string of the molecule is COC(=O)CCSc1nc(N)nc(-c2cc(OCC#N)c(Cl)cc2Cl)n1. The number of carbonyl (C=O) groups is 1. The molecule has 0 unspecified atom stereocenters. The number of carbonyl (C=O) groups excluding carboxylic acids is 1. The summed E-state index contributed by atoms with van der Waals surface area (Å²) in [7, 11) is 1.32. The van der Waals surface area contributed by atoms with Gasteiger partial charge in [-0.1, -0.05) is 35.0 Å². The largest absolute Gasteiger partial charge is 0.477 e. The Kier molecular flexibility index (Phi) is 7.26. The van der Waals surface area contributed by atoms with Crippen LogP contribution >= 0.6 is 35.0 Å². The zero-order chi connectivity index (χ0) is 19.1. The van der Waals surface area contributed by atoms with Crippen LogP contribution in [0.3, 0.4) is 0 Å². The molecule has 0 atom stereocenters. The van der Waals surface area contributed by atoms with E-state index in [9.17, 15) is 4.79 Å². The highest BCUT2D eigenvalue weighted by Crippen LogP contribution is 2.36. The molecule has 0 aliphatic heterocycles. The van der Waals surface area contributed by atoms with E-state index in [1.165, 1.54) is 31.0 Å². The van der Waals surface area contributed by atoms with Crippen LogP contribution in [0.4, 0.5) is 5.95 Å². The lowest BCUT2D eigenvalue weighted by Crippen LogP contribution is -2.04. The van der Waals surface area contributed by atoms with Crippen LogP contribution in [-0.2, 0) is 9.53 Å². The van der Waals surface area contributed by atoms with Crippen LogP contribution < -0.4 is 10.5 Å². The van der Waals surface area contributed by atoms with Crippen LogP contribution in [0.5, 0.6) is 5.75 Å².